The number of aliphatic carboxylic acids is 1. The van der Waals surface area contributed by atoms with Crippen LogP contribution in [0, 0.1) is 11.8 Å². The molecule has 2 N–H and O–H groups in total. The lowest BCUT2D eigenvalue weighted by Crippen LogP contribution is -2.36. The molecule has 2 amide bonds. The first-order chi connectivity index (χ1) is 10.8. The second-order valence-electron chi connectivity index (χ2n) is 6.31. The van der Waals surface area contributed by atoms with E-state index in [0.717, 1.165) is 25.1 Å². The van der Waals surface area contributed by atoms with E-state index < -0.39 is 11.9 Å². The van der Waals surface area contributed by atoms with E-state index in [1.54, 1.807) is 20.2 Å². The summed E-state index contributed by atoms with van der Waals surface area (Å²) in [6.45, 7) is 8.90. The molecule has 7 heteroatoms. The summed E-state index contributed by atoms with van der Waals surface area (Å²) >= 11 is 0. The van der Waals surface area contributed by atoms with Gasteiger partial charge in [0.15, 0.2) is 0 Å². The molecule has 0 saturated carbocycles. The number of urea groups is 1. The number of hydrogen-bond donors (Lipinski definition) is 2. The Morgan fingerprint density at radius 1 is 1.39 bits per heavy atom. The third kappa shape index (κ3) is 5.58. The zero-order chi connectivity index (χ0) is 17.6. The summed E-state index contributed by atoms with van der Waals surface area (Å²) in [6, 6.07) is -0.323. The van der Waals surface area contributed by atoms with Gasteiger partial charge in [-0.15, -0.1) is 0 Å². The lowest BCUT2D eigenvalue weighted by Gasteiger charge is -2.20. The van der Waals surface area contributed by atoms with Gasteiger partial charge >= 0.3 is 12.0 Å². The summed E-state index contributed by atoms with van der Waals surface area (Å²) in [5.41, 5.74) is 1.68. The molecule has 130 valence electrons. The molecule has 1 aromatic heterocycles. The molecule has 1 aromatic rings. The van der Waals surface area contributed by atoms with Gasteiger partial charge in [0.05, 0.1) is 23.5 Å². The Hall–Kier alpha value is -2.05. The first-order valence-corrected chi connectivity index (χ1v) is 8.05. The monoisotopic (exact) mass is 324 g/mol. The summed E-state index contributed by atoms with van der Waals surface area (Å²) in [5.74, 6) is -0.934. The first kappa shape index (κ1) is 19.0. The molecule has 23 heavy (non-hydrogen) atoms. The standard InChI is InChI=1S/C16H28N4O3/c1-6-14-13(9-17-20(14)8-7-11(2)3)18-16(23)19(5)10-12(4)15(21)22/h9,11-12H,6-8,10H2,1-5H3,(H,18,23)(H,21,22). The van der Waals surface area contributed by atoms with Gasteiger partial charge in [-0.25, -0.2) is 4.79 Å². The van der Waals surface area contributed by atoms with Gasteiger partial charge in [-0.3, -0.25) is 9.48 Å². The van der Waals surface area contributed by atoms with Gasteiger partial charge in [0.25, 0.3) is 0 Å². The Bertz CT molecular complexity index is 539. The van der Waals surface area contributed by atoms with Crippen LogP contribution in [0.15, 0.2) is 6.20 Å². The predicted molar refractivity (Wildman–Crippen MR) is 89.5 cm³/mol. The Balaban J connectivity index is 2.72. The van der Waals surface area contributed by atoms with E-state index in [1.165, 1.54) is 4.90 Å². The van der Waals surface area contributed by atoms with Gasteiger partial charge in [0.1, 0.15) is 0 Å². The van der Waals surface area contributed by atoms with Crippen LogP contribution in [-0.2, 0) is 17.8 Å². The highest BCUT2D eigenvalue weighted by Gasteiger charge is 2.19. The lowest BCUT2D eigenvalue weighted by atomic mass is 10.1. The van der Waals surface area contributed by atoms with E-state index in [4.69, 9.17) is 5.11 Å². The number of carbonyl (C=O) groups excluding carboxylic acids is 1. The predicted octanol–water partition coefficient (Wildman–Crippen LogP) is 2.68. The fourth-order valence-electron chi connectivity index (χ4n) is 2.24. The summed E-state index contributed by atoms with van der Waals surface area (Å²) in [7, 11) is 1.59. The van der Waals surface area contributed by atoms with Crippen LogP contribution < -0.4 is 5.32 Å². The number of aryl methyl sites for hydroxylation is 1. The maximum Gasteiger partial charge on any atom is 0.321 e. The molecule has 0 radical (unpaired) electrons. The zero-order valence-electron chi connectivity index (χ0n) is 14.7. The molecule has 1 rings (SSSR count). The number of nitrogens with zero attached hydrogens (tertiary/aromatic N) is 3. The number of anilines is 1. The highest BCUT2D eigenvalue weighted by molar-refractivity contribution is 5.89. The van der Waals surface area contributed by atoms with Gasteiger partial charge in [-0.2, -0.15) is 5.10 Å². The van der Waals surface area contributed by atoms with Gasteiger partial charge < -0.3 is 15.3 Å². The van der Waals surface area contributed by atoms with Gasteiger partial charge in [0.2, 0.25) is 0 Å². The Morgan fingerprint density at radius 3 is 2.57 bits per heavy atom. The molecule has 0 aromatic carbocycles. The smallest absolute Gasteiger partial charge is 0.321 e. The van der Waals surface area contributed by atoms with Crippen LogP contribution >= 0.6 is 0 Å². The van der Waals surface area contributed by atoms with Crippen molar-refractivity contribution >= 4 is 17.7 Å². The van der Waals surface area contributed by atoms with Crippen molar-refractivity contribution in [3.63, 3.8) is 0 Å². The quantitative estimate of drug-likeness (QED) is 0.769. The summed E-state index contributed by atoms with van der Waals surface area (Å²) in [5, 5.41) is 16.1. The lowest BCUT2D eigenvalue weighted by molar-refractivity contribution is -0.141. The largest absolute Gasteiger partial charge is 0.481 e. The fourth-order valence-corrected chi connectivity index (χ4v) is 2.24. The number of nitrogens with one attached hydrogen (secondary N) is 1. The first-order valence-electron chi connectivity index (χ1n) is 8.05. The normalized spacial score (nSPS) is 12.3. The second kappa shape index (κ2) is 8.55. The van der Waals surface area contributed by atoms with Crippen LogP contribution in [0.1, 0.15) is 39.8 Å². The number of carboxylic acids is 1. The van der Waals surface area contributed by atoms with Crippen LogP contribution in [0.25, 0.3) is 0 Å². The topological polar surface area (TPSA) is 87.5 Å². The SMILES string of the molecule is CCc1c(NC(=O)N(C)CC(C)C(=O)O)cnn1CCC(C)C. The molecule has 0 bridgehead atoms. The fraction of sp³-hybridized carbons (Fsp3) is 0.688. The van der Waals surface area contributed by atoms with Crippen molar-refractivity contribution in [2.75, 3.05) is 18.9 Å². The molecule has 0 fully saturated rings. The molecule has 0 spiro atoms. The van der Waals surface area contributed by atoms with Crippen molar-refractivity contribution in [1.29, 1.82) is 0 Å². The van der Waals surface area contributed by atoms with Crippen LogP contribution in [0.5, 0.6) is 0 Å². The van der Waals surface area contributed by atoms with E-state index in [2.05, 4.69) is 24.3 Å². The number of hydrogen-bond acceptors (Lipinski definition) is 3. The molecule has 1 heterocycles. The molecule has 0 saturated heterocycles. The number of carboxylic acid groups (broad SMARTS) is 1. The number of carbonyl (C=O) groups is 2. The molecule has 0 aliphatic rings. The Labute approximate surface area is 137 Å². The maximum absolute atomic E-state index is 12.2. The maximum atomic E-state index is 12.2. The number of aromatic nitrogens is 2. The number of amides is 2. The summed E-state index contributed by atoms with van der Waals surface area (Å²) in [6.07, 6.45) is 3.45. The van der Waals surface area contributed by atoms with Crippen molar-refractivity contribution in [3.8, 4) is 0 Å². The Morgan fingerprint density at radius 2 is 2.04 bits per heavy atom. The van der Waals surface area contributed by atoms with Crippen LogP contribution in [-0.4, -0.2) is 45.4 Å². The molecule has 0 aliphatic carbocycles. The van der Waals surface area contributed by atoms with Crippen molar-refractivity contribution < 1.29 is 14.7 Å². The Kier molecular flexibility index (Phi) is 7.06. The van der Waals surface area contributed by atoms with Gasteiger partial charge in [-0.1, -0.05) is 27.7 Å². The zero-order valence-corrected chi connectivity index (χ0v) is 14.7. The average Bonchev–Trinajstić information content (AvgIpc) is 2.86. The summed E-state index contributed by atoms with van der Waals surface area (Å²) in [4.78, 5) is 24.5. The minimum Gasteiger partial charge on any atom is -0.481 e. The van der Waals surface area contributed by atoms with Gasteiger partial charge in [-0.05, 0) is 18.8 Å². The van der Waals surface area contributed by atoms with E-state index in [9.17, 15) is 9.59 Å². The van der Waals surface area contributed by atoms with E-state index in [1.807, 2.05) is 11.6 Å². The highest BCUT2D eigenvalue weighted by Crippen LogP contribution is 2.17. The number of rotatable bonds is 8. The van der Waals surface area contributed by atoms with E-state index in [-0.39, 0.29) is 12.6 Å². The molecule has 7 nitrogen and oxygen atoms in total. The van der Waals surface area contributed by atoms with Crippen molar-refractivity contribution in [1.82, 2.24) is 14.7 Å². The van der Waals surface area contributed by atoms with Crippen LogP contribution in [0.2, 0.25) is 0 Å². The summed E-state index contributed by atoms with van der Waals surface area (Å²) < 4.78 is 1.93. The molecule has 1 unspecified atom stereocenters. The molecular formula is C16H28N4O3. The molecule has 0 aliphatic heterocycles. The third-order valence-corrected chi connectivity index (χ3v) is 3.76. The van der Waals surface area contributed by atoms with Crippen molar-refractivity contribution in [3.05, 3.63) is 11.9 Å². The molecule has 1 atom stereocenters. The molecular weight excluding hydrogens is 296 g/mol. The minimum atomic E-state index is -0.916. The highest BCUT2D eigenvalue weighted by atomic mass is 16.4. The van der Waals surface area contributed by atoms with Crippen LogP contribution in [0.4, 0.5) is 10.5 Å². The minimum absolute atomic E-state index is 0.157. The van der Waals surface area contributed by atoms with Gasteiger partial charge in [0, 0.05) is 20.1 Å². The second-order valence-corrected chi connectivity index (χ2v) is 6.31. The average molecular weight is 324 g/mol. The van der Waals surface area contributed by atoms with E-state index in [0.29, 0.717) is 11.6 Å². The van der Waals surface area contributed by atoms with Crippen molar-refractivity contribution in [2.45, 2.75) is 47.1 Å². The van der Waals surface area contributed by atoms with E-state index >= 15 is 0 Å². The third-order valence-electron chi connectivity index (χ3n) is 3.76. The van der Waals surface area contributed by atoms with Crippen LogP contribution in [0.3, 0.4) is 0 Å². The van der Waals surface area contributed by atoms with Crippen molar-refractivity contribution in [2.24, 2.45) is 11.8 Å².